The molecule has 0 atom stereocenters. The third-order valence-corrected chi connectivity index (χ3v) is 8.23. The summed E-state index contributed by atoms with van der Waals surface area (Å²) < 4.78 is 71.0. The number of nitrogens with one attached hydrogen (secondary N) is 1. The van der Waals surface area contributed by atoms with E-state index in [1.165, 1.54) is 40.2 Å². The van der Waals surface area contributed by atoms with Crippen LogP contribution >= 0.6 is 34.7 Å². The molecule has 2 heterocycles. The minimum absolute atomic E-state index is 0.0715. The lowest BCUT2D eigenvalue weighted by atomic mass is 10.4. The molecule has 0 radical (unpaired) electrons. The maximum atomic E-state index is 12.8. The predicted octanol–water partition coefficient (Wildman–Crippen LogP) is 4.47. The zero-order valence-electron chi connectivity index (χ0n) is 16.7. The molecule has 0 fully saturated rings. The summed E-state index contributed by atoms with van der Waals surface area (Å²) in [6.45, 7) is 1.93. The molecule has 32 heavy (non-hydrogen) atoms. The topological polar surface area (TPSA) is 90.3 Å². The number of halogens is 4. The number of ether oxygens (including phenoxy) is 1. The summed E-state index contributed by atoms with van der Waals surface area (Å²) in [4.78, 5) is 17.1. The molecule has 1 aromatic carbocycles. The third kappa shape index (κ3) is 5.76. The molecule has 0 spiro atoms. The number of imidazole rings is 1. The van der Waals surface area contributed by atoms with E-state index in [-0.39, 0.29) is 28.8 Å². The van der Waals surface area contributed by atoms with Crippen molar-refractivity contribution in [3.05, 3.63) is 50.3 Å². The second-order valence-corrected chi connectivity index (χ2v) is 11.2. The van der Waals surface area contributed by atoms with Gasteiger partial charge in [-0.05, 0) is 38.1 Å². The first-order chi connectivity index (χ1) is 14.9. The van der Waals surface area contributed by atoms with E-state index >= 15 is 0 Å². The van der Waals surface area contributed by atoms with E-state index in [0.717, 1.165) is 16.6 Å². The number of sulfonamides is 1. The third-order valence-electron chi connectivity index (χ3n) is 4.21. The van der Waals surface area contributed by atoms with Gasteiger partial charge in [0.2, 0.25) is 0 Å². The van der Waals surface area contributed by atoms with E-state index in [9.17, 15) is 26.4 Å². The van der Waals surface area contributed by atoms with Crippen molar-refractivity contribution in [1.29, 1.82) is 0 Å². The van der Waals surface area contributed by atoms with Gasteiger partial charge in [0.15, 0.2) is 5.82 Å². The number of hydrogen-bond donors (Lipinski definition) is 1. The van der Waals surface area contributed by atoms with Gasteiger partial charge < -0.3 is 4.74 Å². The predicted molar refractivity (Wildman–Crippen MR) is 118 cm³/mol. The first-order valence-electron chi connectivity index (χ1n) is 8.97. The number of aromatic nitrogens is 2. The van der Waals surface area contributed by atoms with Gasteiger partial charge in [-0.15, -0.1) is 23.1 Å². The molecule has 0 aromatic heterocycles. The molecule has 0 saturated heterocycles. The molecule has 2 aliphatic heterocycles. The zero-order chi connectivity index (χ0) is 23.7. The van der Waals surface area contributed by atoms with Crippen molar-refractivity contribution in [1.82, 2.24) is 9.55 Å². The molecule has 0 bridgehead atoms. The van der Waals surface area contributed by atoms with Crippen molar-refractivity contribution in [2.24, 2.45) is 0 Å². The Morgan fingerprint density at radius 1 is 1.25 bits per heavy atom. The minimum atomic E-state index is -4.42. The lowest BCUT2D eigenvalue weighted by Gasteiger charge is -2.16. The number of rotatable bonds is 8. The normalized spacial score (nSPS) is 12.4. The van der Waals surface area contributed by atoms with Gasteiger partial charge in [0.05, 0.1) is 15.7 Å². The number of fused-ring (bicyclic) bond motifs is 1. The van der Waals surface area contributed by atoms with E-state index in [4.69, 9.17) is 11.6 Å². The lowest BCUT2D eigenvalue weighted by Crippen LogP contribution is -2.18. The highest BCUT2D eigenvalue weighted by atomic mass is 35.5. The highest BCUT2D eigenvalue weighted by Crippen LogP contribution is 2.38. The molecule has 1 N–H and O–H groups in total. The van der Waals surface area contributed by atoms with Crippen LogP contribution in [0.3, 0.4) is 0 Å². The molecule has 0 amide bonds. The Morgan fingerprint density at radius 2 is 1.91 bits per heavy atom. The van der Waals surface area contributed by atoms with Crippen LogP contribution in [0.5, 0.6) is 0 Å². The van der Waals surface area contributed by atoms with Gasteiger partial charge in [-0.25, -0.2) is 13.2 Å². The maximum absolute atomic E-state index is 12.8. The Bertz CT molecular complexity index is 1240. The van der Waals surface area contributed by atoms with Gasteiger partial charge in [0.1, 0.15) is 12.3 Å². The van der Waals surface area contributed by atoms with Gasteiger partial charge in [0, 0.05) is 21.3 Å². The summed E-state index contributed by atoms with van der Waals surface area (Å²) in [5, 5.41) is 0.359. The molecule has 1 aromatic rings. The average molecular weight is 528 g/mol. The Kier molecular flexibility index (Phi) is 7.44. The highest BCUT2D eigenvalue weighted by molar-refractivity contribution is 8.01. The minimum Gasteiger partial charge on any atom is -0.371 e. The fourth-order valence-corrected chi connectivity index (χ4v) is 6.18. The second-order valence-electron chi connectivity index (χ2n) is 6.53. The summed E-state index contributed by atoms with van der Waals surface area (Å²) in [5.74, 6) is -0.00368. The van der Waals surface area contributed by atoms with Crippen LogP contribution in [0.1, 0.15) is 10.6 Å². The monoisotopic (exact) mass is 527 g/mol. The van der Waals surface area contributed by atoms with Gasteiger partial charge in [0.25, 0.3) is 10.0 Å². The van der Waals surface area contributed by atoms with Crippen LogP contribution in [0.15, 0.2) is 38.2 Å². The van der Waals surface area contributed by atoms with Crippen molar-refractivity contribution < 1.29 is 26.3 Å². The van der Waals surface area contributed by atoms with E-state index in [1.807, 2.05) is 0 Å². The largest absolute Gasteiger partial charge is 0.411 e. The van der Waals surface area contributed by atoms with E-state index in [1.54, 1.807) is 13.8 Å². The molecule has 7 nitrogen and oxygen atoms in total. The summed E-state index contributed by atoms with van der Waals surface area (Å²) in [6.07, 6.45) is -4.42. The van der Waals surface area contributed by atoms with Crippen molar-refractivity contribution in [2.75, 3.05) is 23.7 Å². The van der Waals surface area contributed by atoms with E-state index in [2.05, 4.69) is 14.4 Å². The van der Waals surface area contributed by atoms with Gasteiger partial charge in [-0.2, -0.15) is 18.2 Å². The summed E-state index contributed by atoms with van der Waals surface area (Å²) in [5.41, 5.74) is 0.149. The van der Waals surface area contributed by atoms with Gasteiger partial charge in [-0.1, -0.05) is 11.6 Å². The van der Waals surface area contributed by atoms with Gasteiger partial charge in [-0.3, -0.25) is 9.29 Å². The van der Waals surface area contributed by atoms with Gasteiger partial charge >= 0.3 is 11.9 Å². The summed E-state index contributed by atoms with van der Waals surface area (Å²) >= 11 is 8.24. The average Bonchev–Trinajstić information content (AvgIpc) is 3.00. The molecular weight excluding hydrogens is 511 g/mol. The summed E-state index contributed by atoms with van der Waals surface area (Å²) in [7, 11) is -4.07. The van der Waals surface area contributed by atoms with Crippen molar-refractivity contribution in [3.8, 4) is 5.69 Å². The zero-order valence-corrected chi connectivity index (χ0v) is 19.9. The number of nitrogens with zero attached hydrogens (tertiary/aromatic N) is 2. The SMILES string of the molecule is Cc1sc(SCCOCC(F)(F)F)c2c(NS(=O)(=O)c3ccc(Cl)cc3)nc(=O)n-2c1C. The van der Waals surface area contributed by atoms with Crippen LogP contribution in [-0.4, -0.2) is 43.1 Å². The van der Waals surface area contributed by atoms with Crippen LogP contribution in [0.4, 0.5) is 19.0 Å². The molecule has 3 rings (SSSR count). The number of hydrogen-bond acceptors (Lipinski definition) is 7. The van der Waals surface area contributed by atoms with Crippen LogP contribution < -0.4 is 10.4 Å². The lowest BCUT2D eigenvalue weighted by molar-refractivity contribution is -0.172. The maximum Gasteiger partial charge on any atom is 0.411 e. The van der Waals surface area contributed by atoms with Crippen molar-refractivity contribution >= 4 is 50.5 Å². The highest BCUT2D eigenvalue weighted by Gasteiger charge is 2.28. The fraction of sp³-hybridized carbons (Fsp3) is 0.333. The van der Waals surface area contributed by atoms with Crippen molar-refractivity contribution in [2.45, 2.75) is 29.1 Å². The Labute approximate surface area is 195 Å². The molecule has 2 aliphatic rings. The molecule has 0 aliphatic carbocycles. The first-order valence-corrected chi connectivity index (χ1v) is 12.6. The molecule has 14 heteroatoms. The Balaban J connectivity index is 1.92. The number of aryl methyl sites for hydroxylation is 1. The second kappa shape index (κ2) is 9.59. The van der Waals surface area contributed by atoms with E-state index in [0.29, 0.717) is 14.9 Å². The molecule has 174 valence electrons. The molecular formula is C18H17ClF3N3O4S3. The smallest absolute Gasteiger partial charge is 0.371 e. The first kappa shape index (κ1) is 24.8. The number of alkyl halides is 3. The number of anilines is 1. The quantitative estimate of drug-likeness (QED) is 0.343. The number of thioether (sulfide) groups is 1. The summed E-state index contributed by atoms with van der Waals surface area (Å²) in [6, 6.07) is 5.45. The molecule has 0 saturated carbocycles. The Morgan fingerprint density at radius 3 is 2.53 bits per heavy atom. The van der Waals surface area contributed by atoms with Crippen LogP contribution in [0.2, 0.25) is 5.02 Å². The number of benzene rings is 1. The van der Waals surface area contributed by atoms with Crippen LogP contribution in [0.25, 0.3) is 5.69 Å². The Hall–Kier alpha value is -1.80. The van der Waals surface area contributed by atoms with E-state index < -0.39 is 28.5 Å². The van der Waals surface area contributed by atoms with Crippen LogP contribution in [0, 0.1) is 13.8 Å². The molecule has 0 unspecified atom stereocenters. The fourth-order valence-electron chi connectivity index (χ4n) is 2.67. The standard InChI is InChI=1S/C18H17ClF3N3O4S3/c1-10-11(2)31-16(30-8-7-29-9-18(20,21)22)14-15(23-17(26)25(10)14)24-32(27,28)13-5-3-12(19)4-6-13/h3-6H,7-9H2,1-2H3,(H,23,24,26). The van der Waals surface area contributed by atoms with Crippen LogP contribution in [-0.2, 0) is 14.8 Å². The van der Waals surface area contributed by atoms with Crippen molar-refractivity contribution in [3.63, 3.8) is 0 Å².